The SMILES string of the molecule is O=C(Cl)/C(=C/c1cccc([N+](=O)[O-])c1)c1ccccc1. The van der Waals surface area contributed by atoms with Crippen LogP contribution in [0.2, 0.25) is 0 Å². The van der Waals surface area contributed by atoms with Gasteiger partial charge in [0, 0.05) is 17.7 Å². The molecule has 4 nitrogen and oxygen atoms in total. The Bertz CT molecular complexity index is 681. The molecule has 2 aromatic carbocycles. The van der Waals surface area contributed by atoms with Gasteiger partial charge in [0.2, 0.25) is 0 Å². The van der Waals surface area contributed by atoms with E-state index in [0.29, 0.717) is 16.7 Å². The van der Waals surface area contributed by atoms with Gasteiger partial charge in [0.25, 0.3) is 10.9 Å². The number of nitrogens with zero attached hydrogens (tertiary/aromatic N) is 1. The molecule has 0 N–H and O–H groups in total. The number of benzene rings is 2. The summed E-state index contributed by atoms with van der Waals surface area (Å²) >= 11 is 5.59. The van der Waals surface area contributed by atoms with Gasteiger partial charge in [-0.3, -0.25) is 14.9 Å². The van der Waals surface area contributed by atoms with Crippen LogP contribution in [-0.4, -0.2) is 10.2 Å². The number of non-ortho nitro benzene ring substituents is 1. The van der Waals surface area contributed by atoms with E-state index in [0.717, 1.165) is 0 Å². The zero-order chi connectivity index (χ0) is 14.5. The Hall–Kier alpha value is -2.46. The highest BCUT2D eigenvalue weighted by molar-refractivity contribution is 6.75. The number of hydrogen-bond acceptors (Lipinski definition) is 3. The van der Waals surface area contributed by atoms with Crippen LogP contribution < -0.4 is 0 Å². The van der Waals surface area contributed by atoms with Crippen molar-refractivity contribution in [2.45, 2.75) is 0 Å². The average molecular weight is 288 g/mol. The molecule has 0 bridgehead atoms. The standard InChI is InChI=1S/C15H10ClNO3/c16-15(18)14(12-6-2-1-3-7-12)10-11-5-4-8-13(9-11)17(19)20/h1-10H/b14-10+. The summed E-state index contributed by atoms with van der Waals surface area (Å²) in [4.78, 5) is 21.8. The Balaban J connectivity index is 2.47. The lowest BCUT2D eigenvalue weighted by molar-refractivity contribution is -0.384. The van der Waals surface area contributed by atoms with E-state index in [1.807, 2.05) is 6.07 Å². The van der Waals surface area contributed by atoms with Crippen LogP contribution in [0.3, 0.4) is 0 Å². The number of carbonyl (C=O) groups is 1. The van der Waals surface area contributed by atoms with Crippen molar-refractivity contribution in [3.8, 4) is 0 Å². The average Bonchev–Trinajstić information content (AvgIpc) is 2.45. The van der Waals surface area contributed by atoms with Gasteiger partial charge in [-0.25, -0.2) is 0 Å². The molecular weight excluding hydrogens is 278 g/mol. The second-order valence-corrected chi connectivity index (χ2v) is 4.39. The summed E-state index contributed by atoms with van der Waals surface area (Å²) in [7, 11) is 0. The van der Waals surface area contributed by atoms with Crippen LogP contribution in [0, 0.1) is 10.1 Å². The fourth-order valence-corrected chi connectivity index (χ4v) is 1.93. The molecule has 0 spiro atoms. The molecule has 0 saturated heterocycles. The van der Waals surface area contributed by atoms with Crippen molar-refractivity contribution in [3.63, 3.8) is 0 Å². The maximum Gasteiger partial charge on any atom is 0.270 e. The minimum atomic E-state index is -0.609. The molecule has 0 aliphatic rings. The third kappa shape index (κ3) is 3.30. The fourth-order valence-electron chi connectivity index (χ4n) is 1.77. The van der Waals surface area contributed by atoms with Crippen LogP contribution >= 0.6 is 11.6 Å². The van der Waals surface area contributed by atoms with Gasteiger partial charge in [0.1, 0.15) is 0 Å². The highest BCUT2D eigenvalue weighted by atomic mass is 35.5. The Morgan fingerprint density at radius 2 is 1.80 bits per heavy atom. The summed E-state index contributed by atoms with van der Waals surface area (Å²) in [6.07, 6.45) is 1.54. The summed E-state index contributed by atoms with van der Waals surface area (Å²) in [5.74, 6) is 0. The molecule has 0 aliphatic heterocycles. The molecule has 100 valence electrons. The first-order chi connectivity index (χ1) is 9.58. The van der Waals surface area contributed by atoms with Crippen LogP contribution in [0.15, 0.2) is 54.6 Å². The van der Waals surface area contributed by atoms with Crippen molar-refractivity contribution in [1.29, 1.82) is 0 Å². The molecule has 0 atom stereocenters. The van der Waals surface area contributed by atoms with E-state index in [4.69, 9.17) is 11.6 Å². The lowest BCUT2D eigenvalue weighted by atomic mass is 10.0. The van der Waals surface area contributed by atoms with Gasteiger partial charge in [0.15, 0.2) is 0 Å². The molecule has 0 heterocycles. The number of hydrogen-bond donors (Lipinski definition) is 0. The molecule has 0 fully saturated rings. The molecule has 0 aromatic heterocycles. The number of nitro benzene ring substituents is 1. The van der Waals surface area contributed by atoms with Gasteiger partial charge in [0.05, 0.1) is 4.92 Å². The van der Waals surface area contributed by atoms with E-state index in [9.17, 15) is 14.9 Å². The molecule has 0 radical (unpaired) electrons. The number of rotatable bonds is 4. The number of nitro groups is 1. The zero-order valence-electron chi connectivity index (χ0n) is 10.3. The normalized spacial score (nSPS) is 11.2. The summed E-state index contributed by atoms with van der Waals surface area (Å²) in [6.45, 7) is 0. The van der Waals surface area contributed by atoms with E-state index in [-0.39, 0.29) is 5.69 Å². The van der Waals surface area contributed by atoms with Gasteiger partial charge in [-0.1, -0.05) is 42.5 Å². The lowest BCUT2D eigenvalue weighted by Crippen LogP contribution is -1.93. The van der Waals surface area contributed by atoms with Crippen LogP contribution in [0.1, 0.15) is 11.1 Å². The van der Waals surface area contributed by atoms with Gasteiger partial charge in [-0.15, -0.1) is 0 Å². The minimum absolute atomic E-state index is 0.0341. The molecule has 5 heteroatoms. The number of halogens is 1. The highest BCUT2D eigenvalue weighted by Crippen LogP contribution is 2.22. The van der Waals surface area contributed by atoms with Crippen molar-refractivity contribution in [3.05, 3.63) is 75.8 Å². The van der Waals surface area contributed by atoms with Crippen LogP contribution in [0.4, 0.5) is 5.69 Å². The molecular formula is C15H10ClNO3. The largest absolute Gasteiger partial charge is 0.276 e. The molecule has 20 heavy (non-hydrogen) atoms. The maximum atomic E-state index is 11.5. The van der Waals surface area contributed by atoms with E-state index < -0.39 is 10.2 Å². The van der Waals surface area contributed by atoms with Crippen molar-refractivity contribution >= 4 is 34.2 Å². The van der Waals surface area contributed by atoms with E-state index >= 15 is 0 Å². The zero-order valence-corrected chi connectivity index (χ0v) is 11.1. The predicted molar refractivity (Wildman–Crippen MR) is 78.3 cm³/mol. The van der Waals surface area contributed by atoms with E-state index in [2.05, 4.69) is 0 Å². The summed E-state index contributed by atoms with van der Waals surface area (Å²) in [6, 6.07) is 14.9. The fraction of sp³-hybridized carbons (Fsp3) is 0. The number of carbonyl (C=O) groups excluding carboxylic acids is 1. The first-order valence-corrected chi connectivity index (χ1v) is 6.17. The molecule has 0 amide bonds. The van der Waals surface area contributed by atoms with E-state index in [1.54, 1.807) is 36.4 Å². The minimum Gasteiger partial charge on any atom is -0.276 e. The van der Waals surface area contributed by atoms with Crippen molar-refractivity contribution < 1.29 is 9.72 Å². The monoisotopic (exact) mass is 287 g/mol. The highest BCUT2D eigenvalue weighted by Gasteiger charge is 2.10. The quantitative estimate of drug-likeness (QED) is 0.282. The lowest BCUT2D eigenvalue weighted by Gasteiger charge is -2.03. The Labute approximate surface area is 120 Å². The molecule has 0 saturated carbocycles. The maximum absolute atomic E-state index is 11.5. The Kier molecular flexibility index (Phi) is 4.27. The molecule has 0 aliphatic carbocycles. The topological polar surface area (TPSA) is 60.2 Å². The number of allylic oxidation sites excluding steroid dienone is 1. The Morgan fingerprint density at radius 1 is 1.10 bits per heavy atom. The Morgan fingerprint density at radius 3 is 2.40 bits per heavy atom. The van der Waals surface area contributed by atoms with Gasteiger partial charge >= 0.3 is 0 Å². The second-order valence-electron chi connectivity index (χ2n) is 4.05. The molecule has 0 unspecified atom stereocenters. The van der Waals surface area contributed by atoms with Gasteiger partial charge < -0.3 is 0 Å². The summed E-state index contributed by atoms with van der Waals surface area (Å²) in [5, 5.41) is 10.1. The van der Waals surface area contributed by atoms with Gasteiger partial charge in [-0.05, 0) is 28.8 Å². The molecule has 2 aromatic rings. The third-order valence-corrected chi connectivity index (χ3v) is 2.89. The van der Waals surface area contributed by atoms with Gasteiger partial charge in [-0.2, -0.15) is 0 Å². The summed E-state index contributed by atoms with van der Waals surface area (Å²) < 4.78 is 0. The summed E-state index contributed by atoms with van der Waals surface area (Å²) in [5.41, 5.74) is 1.48. The van der Waals surface area contributed by atoms with Crippen molar-refractivity contribution in [1.82, 2.24) is 0 Å². The van der Waals surface area contributed by atoms with Crippen LogP contribution in [0.25, 0.3) is 11.6 Å². The molecule has 2 rings (SSSR count). The van der Waals surface area contributed by atoms with Crippen molar-refractivity contribution in [2.24, 2.45) is 0 Å². The predicted octanol–water partition coefficient (Wildman–Crippen LogP) is 3.90. The second kappa shape index (κ2) is 6.12. The first-order valence-electron chi connectivity index (χ1n) is 5.79. The van der Waals surface area contributed by atoms with Crippen molar-refractivity contribution in [2.75, 3.05) is 0 Å². The van der Waals surface area contributed by atoms with E-state index in [1.165, 1.54) is 18.2 Å². The van der Waals surface area contributed by atoms with Crippen LogP contribution in [-0.2, 0) is 4.79 Å². The first kappa shape index (κ1) is 14.0. The smallest absolute Gasteiger partial charge is 0.270 e. The van der Waals surface area contributed by atoms with Crippen LogP contribution in [0.5, 0.6) is 0 Å². The third-order valence-electron chi connectivity index (χ3n) is 2.69.